The molecule has 7 aliphatic heterocycles. The number of benzene rings is 4. The number of rotatable bonds is 26. The Morgan fingerprint density at radius 1 is 0.504 bits per heavy atom. The van der Waals surface area contributed by atoms with E-state index in [0.717, 1.165) is 5.01 Å². The lowest BCUT2D eigenvalue weighted by Crippen LogP contribution is -2.57. The average molecular weight is 1890 g/mol. The van der Waals surface area contributed by atoms with Crippen LogP contribution in [0.2, 0.25) is 0 Å². The number of carboxylic acids is 1. The number of fused-ring (bicyclic) bond motifs is 4. The van der Waals surface area contributed by atoms with E-state index in [1.54, 1.807) is 184 Å². The zero-order valence-electron chi connectivity index (χ0n) is 75.5. The van der Waals surface area contributed by atoms with Crippen LogP contribution < -0.4 is 24.4 Å². The van der Waals surface area contributed by atoms with Crippen molar-refractivity contribution < 1.29 is 139 Å². The fraction of sp³-hybridized carbons (Fsp3) is 0.394. The Morgan fingerprint density at radius 3 is 1.31 bits per heavy atom. The van der Waals surface area contributed by atoms with Gasteiger partial charge in [0.1, 0.15) is 57.3 Å². The van der Waals surface area contributed by atoms with Gasteiger partial charge in [-0.15, -0.1) is 22.7 Å². The molecule has 2 N–H and O–H groups in total. The Morgan fingerprint density at radius 2 is 0.919 bits per heavy atom. The van der Waals surface area contributed by atoms with Crippen LogP contribution in [0.4, 0.5) is 0 Å². The van der Waals surface area contributed by atoms with Gasteiger partial charge in [0.05, 0.1) is 52.6 Å². The molecule has 4 aromatic heterocycles. The van der Waals surface area contributed by atoms with Gasteiger partial charge in [-0.1, -0.05) is 132 Å². The number of hydroxylamine groups is 3. The summed E-state index contributed by atoms with van der Waals surface area (Å²) in [4.78, 5) is 238. The Hall–Kier alpha value is -14.5. The number of Topliss-reactive ketones (excluding diaryl/α,β-unsaturated/α-hetero) is 3. The molecule has 5 atom stereocenters. The lowest BCUT2D eigenvalue weighted by atomic mass is 9.97. The van der Waals surface area contributed by atoms with Gasteiger partial charge in [0, 0.05) is 90.1 Å². The number of hydrogen-bond donors (Lipinski definition) is 2. The molecule has 704 valence electrons. The van der Waals surface area contributed by atoms with Crippen molar-refractivity contribution in [3.63, 3.8) is 0 Å². The van der Waals surface area contributed by atoms with E-state index in [1.807, 2.05) is 24.3 Å². The minimum absolute atomic E-state index is 0.0149. The molecule has 0 spiro atoms. The first kappa shape index (κ1) is 95.2. The van der Waals surface area contributed by atoms with Crippen LogP contribution in [-0.2, 0) is 107 Å². The van der Waals surface area contributed by atoms with Gasteiger partial charge in [-0.3, -0.25) is 62.6 Å². The zero-order valence-corrected chi connectivity index (χ0v) is 77.1. The number of esters is 5. The molecule has 0 radical (unpaired) electrons. The molecule has 1 unspecified atom stereocenters. The van der Waals surface area contributed by atoms with E-state index in [0.29, 0.717) is 73.5 Å². The molecule has 135 heavy (non-hydrogen) atoms. The second-order valence-corrected chi connectivity index (χ2v) is 38.9. The number of cyclic esters (lactones) is 1. The normalized spacial score (nSPS) is 20.4. The number of carboxylic acid groups (broad SMARTS) is 1. The first-order valence-corrected chi connectivity index (χ1v) is 44.5. The summed E-state index contributed by atoms with van der Waals surface area (Å²) in [6, 6.07) is 34.9. The molecule has 8 aromatic rings. The number of aliphatic carboxylic acids is 1. The number of amides is 6. The predicted molar refractivity (Wildman–Crippen MR) is 467 cm³/mol. The fourth-order valence-corrected chi connectivity index (χ4v) is 16.2. The monoisotopic (exact) mass is 1890 g/mol. The van der Waals surface area contributed by atoms with Crippen molar-refractivity contribution in [2.24, 2.45) is 22.1 Å². The van der Waals surface area contributed by atoms with E-state index >= 15 is 0 Å². The van der Waals surface area contributed by atoms with Crippen molar-refractivity contribution in [2.45, 2.75) is 211 Å². The number of pyridine rings is 2. The van der Waals surface area contributed by atoms with E-state index in [-0.39, 0.29) is 81.8 Å². The number of aromatic nitrogens is 4. The average Bonchev–Trinajstić information content (AvgIpc) is 1.56. The number of imide groups is 2. The minimum Gasteiger partial charge on any atom is -0.480 e. The molecule has 39 nitrogen and oxygen atoms in total. The SMILES string of the molecule is CC(C)(C)OC(=O)C(=O)C[C@@H](C(=O)O)N1C(=O)c2cc3c(nc2C1=O)OC(c1ccccc1)(c1ccccc1)O3.Cc1nc(/C(=N/OC2(C(=O)OC(C)(C)C)CC2)C(=O)C[C@H]2CON(C3(C(=O)OC(C)(C)C)C[C@H](N4C(=O)c5cc6c(nc5C4=O)OC(c4ccccc4)(c4ccccc4)O6)C(=O)O3)C2=O)cs1.Cc1nc(/C(=N/OC2(C(=O)OC(C)(C)C)CC2)C(=O)C[C@H]2CONC2=O)cs1. The molecule has 3 saturated heterocycles. The summed E-state index contributed by atoms with van der Waals surface area (Å²) >= 11 is 2.59. The smallest absolute Gasteiger partial charge is 0.375 e. The Balaban J connectivity index is 0.000000172. The molecule has 4 aromatic carbocycles. The number of thiazole rings is 2. The van der Waals surface area contributed by atoms with Crippen molar-refractivity contribution in [3.8, 4) is 23.3 Å². The summed E-state index contributed by atoms with van der Waals surface area (Å²) in [6.07, 6.45) is -0.898. The summed E-state index contributed by atoms with van der Waals surface area (Å²) in [5, 5.41) is 23.0. The van der Waals surface area contributed by atoms with Crippen LogP contribution in [0.25, 0.3) is 0 Å². The summed E-state index contributed by atoms with van der Waals surface area (Å²) in [7, 11) is 0. The van der Waals surface area contributed by atoms with E-state index in [9.17, 15) is 77.0 Å². The lowest BCUT2D eigenvalue weighted by Gasteiger charge is -2.35. The van der Waals surface area contributed by atoms with Crippen molar-refractivity contribution in [2.75, 3.05) is 13.2 Å². The standard InChI is InChI=1S/C47H45N5O14S.C29H24N2O9.C18H23N3O6S/c1-25-48-30(24-67-25)35(50-66-45(18-19-45)41(58)64-43(2,3)4)32(53)20-26-23-60-52(37(26)54)46(42(59)65-44(5,6)7)22-31(40(57)63-46)51-38(55)29-21-33-36(49-34(29)39(51)56)62-47(61-33,27-14-10-8-11-15-27)28-16-12-9-13-17-28;1-28(2,3)40-27(37)20(32)15-19(26(35)36)31-24(33)18-14-21-23(30-22(18)25(31)34)39-29(38-21,16-10-6-4-7-11-16)17-12-8-5-9-13-17;1-10-19-12(9-28-10)14(13(22)7-11-8-25-21-15(11)23)20-27-18(5-6-18)16(24)26-17(2,3)4/h8-17,21,24,26,31H,18-20,22-23H2,1-7H3;4-14,19H,15H2,1-3H3,(H,35,36);9,11H,5-8H2,1-4H3,(H,21,23)/b50-35-;;20-14-/t26-,31-,46?;19-;11-/m000/s1. The van der Waals surface area contributed by atoms with E-state index in [4.69, 9.17) is 62.0 Å². The number of ether oxygens (including phenoxy) is 9. The molecule has 2 saturated carbocycles. The maximum absolute atomic E-state index is 14.3. The molecule has 0 bridgehead atoms. The summed E-state index contributed by atoms with van der Waals surface area (Å²) in [5.74, 6) is -19.1. The third-order valence-electron chi connectivity index (χ3n) is 21.7. The van der Waals surface area contributed by atoms with Crippen molar-refractivity contribution in [1.82, 2.24) is 40.3 Å². The van der Waals surface area contributed by atoms with Gasteiger partial charge >= 0.3 is 53.1 Å². The van der Waals surface area contributed by atoms with Crippen molar-refractivity contribution in [1.29, 1.82) is 0 Å². The molecule has 6 amide bonds. The molecule has 5 fully saturated rings. The van der Waals surface area contributed by atoms with Crippen LogP contribution in [0, 0.1) is 25.7 Å². The summed E-state index contributed by atoms with van der Waals surface area (Å²) in [6.45, 7) is 22.8. The van der Waals surface area contributed by atoms with Gasteiger partial charge in [0.25, 0.3) is 41.3 Å². The highest BCUT2D eigenvalue weighted by molar-refractivity contribution is 7.10. The van der Waals surface area contributed by atoms with E-state index in [2.05, 4.69) is 35.7 Å². The Kier molecular flexibility index (Phi) is 25.5. The first-order valence-electron chi connectivity index (χ1n) is 42.7. The topological polar surface area (TPSA) is 494 Å². The number of oxime groups is 2. The second kappa shape index (κ2) is 36.2. The highest BCUT2D eigenvalue weighted by Crippen LogP contribution is 2.52. The summed E-state index contributed by atoms with van der Waals surface area (Å²) < 4.78 is 52.6. The molecular weight excluding hydrogens is 1800 g/mol. The van der Waals surface area contributed by atoms with Crippen LogP contribution in [0.15, 0.2) is 155 Å². The van der Waals surface area contributed by atoms with Crippen LogP contribution >= 0.6 is 22.7 Å². The van der Waals surface area contributed by atoms with Gasteiger partial charge in [-0.05, 0) is 96.9 Å². The van der Waals surface area contributed by atoms with Gasteiger partial charge in [-0.25, -0.2) is 54.2 Å². The van der Waals surface area contributed by atoms with Crippen LogP contribution in [-0.4, -0.2) is 205 Å². The second-order valence-electron chi connectivity index (χ2n) is 36.8. The van der Waals surface area contributed by atoms with Crippen LogP contribution in [0.3, 0.4) is 0 Å². The Labute approximate surface area is 778 Å². The van der Waals surface area contributed by atoms with Gasteiger partial charge in [0.2, 0.25) is 22.9 Å². The number of ketones is 3. The zero-order chi connectivity index (χ0) is 97.2. The molecule has 9 aliphatic rings. The minimum atomic E-state index is -2.66. The molecule has 2 aliphatic carbocycles. The maximum Gasteiger partial charge on any atom is 0.375 e. The van der Waals surface area contributed by atoms with Crippen molar-refractivity contribution in [3.05, 3.63) is 210 Å². The highest BCUT2D eigenvalue weighted by Gasteiger charge is 2.67. The van der Waals surface area contributed by atoms with Crippen LogP contribution in [0.1, 0.15) is 220 Å². The maximum atomic E-state index is 14.3. The first-order chi connectivity index (χ1) is 63.6. The molecule has 11 heterocycles. The van der Waals surface area contributed by atoms with Gasteiger partial charge in [-0.2, -0.15) is 5.06 Å². The van der Waals surface area contributed by atoms with Gasteiger partial charge < -0.3 is 57.4 Å². The third-order valence-corrected chi connectivity index (χ3v) is 23.2. The van der Waals surface area contributed by atoms with Crippen molar-refractivity contribution >= 4 is 123 Å². The number of carbonyl (C=O) groups excluding carboxylic acids is 14. The number of nitrogens with one attached hydrogen (secondary N) is 1. The largest absolute Gasteiger partial charge is 0.480 e. The molecule has 41 heteroatoms. The highest BCUT2D eigenvalue weighted by atomic mass is 32.1. The molecule has 17 rings (SSSR count). The van der Waals surface area contributed by atoms with E-state index in [1.165, 1.54) is 55.6 Å². The number of aryl methyl sites for hydroxylation is 2. The fourth-order valence-electron chi connectivity index (χ4n) is 15.0. The number of nitrogens with zero attached hydrogens (tertiary/aromatic N) is 9. The number of carbonyl (C=O) groups is 15. The summed E-state index contributed by atoms with van der Waals surface area (Å²) in [5.41, 5.74) is -5.14. The predicted octanol–water partition coefficient (Wildman–Crippen LogP) is 9.90. The van der Waals surface area contributed by atoms with E-state index < -0.39 is 183 Å². The Bertz CT molecular complexity index is 6070. The van der Waals surface area contributed by atoms with Gasteiger partial charge in [0.15, 0.2) is 34.5 Å². The number of hydrogen-bond acceptors (Lipinski definition) is 36. The lowest BCUT2D eigenvalue weighted by molar-refractivity contribution is -0.263. The van der Waals surface area contributed by atoms with Crippen LogP contribution in [0.5, 0.6) is 23.3 Å². The molecular formula is C94H92N10O29S2. The third kappa shape index (κ3) is 19.6. The quantitative estimate of drug-likeness (QED) is 0.0127.